The number of rotatable bonds is 11. The number of fused-ring (bicyclic) bond motifs is 1. The first-order chi connectivity index (χ1) is 19.6. The van der Waals surface area contributed by atoms with E-state index in [0.717, 1.165) is 56.2 Å². The molecule has 0 radical (unpaired) electrons. The molecule has 9 nitrogen and oxygen atoms in total. The number of hydrogen-bond acceptors (Lipinski definition) is 7. The van der Waals surface area contributed by atoms with Gasteiger partial charge in [-0.05, 0) is 88.0 Å². The molecule has 2 amide bonds. The van der Waals surface area contributed by atoms with E-state index in [1.807, 2.05) is 12.1 Å². The topological polar surface area (TPSA) is 79.4 Å². The minimum absolute atomic E-state index is 0.124. The van der Waals surface area contributed by atoms with Crippen LogP contribution in [-0.4, -0.2) is 123 Å². The number of amides is 2. The Morgan fingerprint density at radius 1 is 0.950 bits per heavy atom. The number of carbonyl (C=O) groups excluding carboxylic acids is 3. The molecule has 220 valence electrons. The third-order valence-electron chi connectivity index (χ3n) is 9.55. The Balaban J connectivity index is 1.06. The van der Waals surface area contributed by atoms with Crippen molar-refractivity contribution >= 4 is 23.8 Å². The number of piperidine rings is 2. The Morgan fingerprint density at radius 2 is 1.65 bits per heavy atom. The number of likely N-dealkylation sites (N-methyl/N-ethyl adjacent to an activating group) is 1. The van der Waals surface area contributed by atoms with Gasteiger partial charge < -0.3 is 29.7 Å². The molecule has 5 rings (SSSR count). The highest BCUT2D eigenvalue weighted by molar-refractivity contribution is 6.01. The monoisotopic (exact) mass is 552 g/mol. The van der Waals surface area contributed by atoms with E-state index in [2.05, 4.69) is 31.0 Å². The van der Waals surface area contributed by atoms with Gasteiger partial charge in [0, 0.05) is 77.1 Å². The Bertz CT molecular complexity index is 1010. The summed E-state index contributed by atoms with van der Waals surface area (Å²) in [6.07, 6.45) is 8.30. The number of piperazine rings is 1. The number of carbonyl (C=O) groups is 3. The lowest BCUT2D eigenvalue weighted by atomic mass is 9.95. The van der Waals surface area contributed by atoms with Crippen molar-refractivity contribution in [2.45, 2.75) is 57.5 Å². The standard InChI is InChI=1S/C31H48N6O3/c1-32-30(39)29(6-5-21-38)37-24-26-22-27(7-8-28(26)31(37)40)36-19-17-34(18-20-36)16-15-33-13-9-25(10-14-33)23-35-11-3-2-4-12-35/h7-8,21-22,25,29H,2-6,9-20,23-24H2,1H3,(H,32,39). The molecule has 4 aliphatic rings. The molecule has 4 heterocycles. The summed E-state index contributed by atoms with van der Waals surface area (Å²) in [5, 5.41) is 2.65. The molecule has 1 atom stereocenters. The second-order valence-electron chi connectivity index (χ2n) is 12.1. The van der Waals surface area contributed by atoms with Crippen LogP contribution >= 0.6 is 0 Å². The number of aldehydes is 1. The van der Waals surface area contributed by atoms with E-state index in [4.69, 9.17) is 0 Å². The fraction of sp³-hybridized carbons (Fsp3) is 0.710. The average Bonchev–Trinajstić information content (AvgIpc) is 3.32. The molecule has 0 aliphatic carbocycles. The van der Waals surface area contributed by atoms with Crippen LogP contribution in [0.3, 0.4) is 0 Å². The molecule has 1 unspecified atom stereocenters. The first-order valence-corrected chi connectivity index (χ1v) is 15.6. The van der Waals surface area contributed by atoms with Crippen molar-refractivity contribution in [1.82, 2.24) is 24.9 Å². The minimum atomic E-state index is -0.623. The second-order valence-corrected chi connectivity index (χ2v) is 12.1. The first-order valence-electron chi connectivity index (χ1n) is 15.6. The van der Waals surface area contributed by atoms with Gasteiger partial charge in [0.1, 0.15) is 12.3 Å². The zero-order chi connectivity index (χ0) is 27.9. The fourth-order valence-corrected chi connectivity index (χ4v) is 7.01. The normalized spacial score (nSPS) is 22.4. The van der Waals surface area contributed by atoms with Crippen LogP contribution in [0.4, 0.5) is 5.69 Å². The van der Waals surface area contributed by atoms with Gasteiger partial charge in [-0.3, -0.25) is 14.5 Å². The van der Waals surface area contributed by atoms with Gasteiger partial charge >= 0.3 is 0 Å². The molecule has 3 saturated heterocycles. The molecule has 3 fully saturated rings. The highest BCUT2D eigenvalue weighted by Crippen LogP contribution is 2.30. The predicted octanol–water partition coefficient (Wildman–Crippen LogP) is 2.06. The predicted molar refractivity (Wildman–Crippen MR) is 158 cm³/mol. The van der Waals surface area contributed by atoms with E-state index in [9.17, 15) is 14.4 Å². The van der Waals surface area contributed by atoms with Crippen LogP contribution in [0.2, 0.25) is 0 Å². The van der Waals surface area contributed by atoms with Crippen molar-refractivity contribution < 1.29 is 14.4 Å². The zero-order valence-electron chi connectivity index (χ0n) is 24.4. The summed E-state index contributed by atoms with van der Waals surface area (Å²) < 4.78 is 0. The molecule has 4 aliphatic heterocycles. The van der Waals surface area contributed by atoms with Crippen molar-refractivity contribution in [2.24, 2.45) is 5.92 Å². The lowest BCUT2D eigenvalue weighted by Gasteiger charge is -2.39. The largest absolute Gasteiger partial charge is 0.369 e. The van der Waals surface area contributed by atoms with Gasteiger partial charge in [0.05, 0.1) is 0 Å². The summed E-state index contributed by atoms with van der Waals surface area (Å²) in [6.45, 7) is 13.2. The minimum Gasteiger partial charge on any atom is -0.369 e. The van der Waals surface area contributed by atoms with Crippen molar-refractivity contribution in [2.75, 3.05) is 83.9 Å². The van der Waals surface area contributed by atoms with E-state index in [0.29, 0.717) is 18.5 Å². The quantitative estimate of drug-likeness (QED) is 0.421. The molecule has 0 bridgehead atoms. The van der Waals surface area contributed by atoms with Crippen LogP contribution in [0.5, 0.6) is 0 Å². The molecule has 1 N–H and O–H groups in total. The van der Waals surface area contributed by atoms with Crippen molar-refractivity contribution in [3.63, 3.8) is 0 Å². The van der Waals surface area contributed by atoms with Gasteiger partial charge in [0.25, 0.3) is 5.91 Å². The molecule has 0 aromatic heterocycles. The van der Waals surface area contributed by atoms with Crippen molar-refractivity contribution in [1.29, 1.82) is 0 Å². The van der Waals surface area contributed by atoms with Crippen LogP contribution in [0.1, 0.15) is 60.9 Å². The third-order valence-corrected chi connectivity index (χ3v) is 9.55. The van der Waals surface area contributed by atoms with E-state index >= 15 is 0 Å². The van der Waals surface area contributed by atoms with E-state index in [-0.39, 0.29) is 18.2 Å². The molecule has 0 saturated carbocycles. The van der Waals surface area contributed by atoms with Gasteiger partial charge in [-0.15, -0.1) is 0 Å². The highest BCUT2D eigenvalue weighted by Gasteiger charge is 2.36. The summed E-state index contributed by atoms with van der Waals surface area (Å²) in [4.78, 5) is 48.5. The Morgan fingerprint density at radius 3 is 2.33 bits per heavy atom. The number of benzene rings is 1. The molecular formula is C31H48N6O3. The lowest BCUT2D eigenvalue weighted by molar-refractivity contribution is -0.125. The molecule has 1 aromatic carbocycles. The third kappa shape index (κ3) is 7.04. The van der Waals surface area contributed by atoms with Gasteiger partial charge in [0.15, 0.2) is 0 Å². The number of anilines is 1. The van der Waals surface area contributed by atoms with Gasteiger partial charge in [-0.1, -0.05) is 6.42 Å². The molecular weight excluding hydrogens is 504 g/mol. The van der Waals surface area contributed by atoms with Crippen LogP contribution < -0.4 is 10.2 Å². The fourth-order valence-electron chi connectivity index (χ4n) is 7.01. The van der Waals surface area contributed by atoms with Crippen molar-refractivity contribution in [3.8, 4) is 0 Å². The number of likely N-dealkylation sites (tertiary alicyclic amines) is 2. The maximum Gasteiger partial charge on any atom is 0.255 e. The SMILES string of the molecule is CNC(=O)C(CCC=O)N1Cc2cc(N3CCN(CCN4CCC(CN5CCCCC5)CC4)CC3)ccc2C1=O. The Labute approximate surface area is 239 Å². The number of nitrogens with zero attached hydrogens (tertiary/aromatic N) is 5. The van der Waals surface area contributed by atoms with Crippen LogP contribution in [0, 0.1) is 5.92 Å². The summed E-state index contributed by atoms with van der Waals surface area (Å²) in [5.74, 6) is 0.543. The number of hydrogen-bond donors (Lipinski definition) is 1. The average molecular weight is 553 g/mol. The van der Waals surface area contributed by atoms with Crippen LogP contribution in [0.25, 0.3) is 0 Å². The molecule has 40 heavy (non-hydrogen) atoms. The second kappa shape index (κ2) is 13.9. The Hall–Kier alpha value is -2.49. The van der Waals surface area contributed by atoms with Gasteiger partial charge in [0.2, 0.25) is 5.91 Å². The maximum absolute atomic E-state index is 13.1. The van der Waals surface area contributed by atoms with Crippen LogP contribution in [-0.2, 0) is 16.1 Å². The summed E-state index contributed by atoms with van der Waals surface area (Å²) in [5.41, 5.74) is 2.78. The van der Waals surface area contributed by atoms with Gasteiger partial charge in [-0.2, -0.15) is 0 Å². The van der Waals surface area contributed by atoms with E-state index in [1.54, 1.807) is 11.9 Å². The summed E-state index contributed by atoms with van der Waals surface area (Å²) in [7, 11) is 1.57. The zero-order valence-corrected chi connectivity index (χ0v) is 24.4. The molecule has 1 aromatic rings. The first kappa shape index (κ1) is 29.0. The molecule has 9 heteroatoms. The van der Waals surface area contributed by atoms with Gasteiger partial charge in [-0.25, -0.2) is 0 Å². The van der Waals surface area contributed by atoms with E-state index in [1.165, 1.54) is 71.4 Å². The summed E-state index contributed by atoms with van der Waals surface area (Å²) in [6, 6.07) is 5.46. The lowest BCUT2D eigenvalue weighted by Crippen LogP contribution is -2.49. The Kier molecular flexibility index (Phi) is 10.1. The maximum atomic E-state index is 13.1. The van der Waals surface area contributed by atoms with E-state index < -0.39 is 6.04 Å². The van der Waals surface area contributed by atoms with Crippen LogP contribution in [0.15, 0.2) is 18.2 Å². The van der Waals surface area contributed by atoms with Crippen molar-refractivity contribution in [3.05, 3.63) is 29.3 Å². The highest BCUT2D eigenvalue weighted by atomic mass is 16.2. The smallest absolute Gasteiger partial charge is 0.255 e. The number of nitrogens with one attached hydrogen (secondary N) is 1. The molecule has 0 spiro atoms. The summed E-state index contributed by atoms with van der Waals surface area (Å²) >= 11 is 0.